The molecule has 3 N–H and O–H groups in total. The first kappa shape index (κ1) is 24.0. The zero-order valence-corrected chi connectivity index (χ0v) is 18.3. The summed E-state index contributed by atoms with van der Waals surface area (Å²) in [7, 11) is 0. The summed E-state index contributed by atoms with van der Waals surface area (Å²) >= 11 is 12.1. The third-order valence-electron chi connectivity index (χ3n) is 4.01. The second-order valence-electron chi connectivity index (χ2n) is 6.16. The summed E-state index contributed by atoms with van der Waals surface area (Å²) in [6.45, 7) is 5.90. The third-order valence-corrected chi connectivity index (χ3v) is 4.87. The molecule has 0 spiro atoms. The summed E-state index contributed by atoms with van der Waals surface area (Å²) in [5, 5.41) is 12.7. The minimum atomic E-state index is -0.971. The van der Waals surface area contributed by atoms with E-state index in [2.05, 4.69) is 10.3 Å². The first-order valence-electron chi connectivity index (χ1n) is 9.36. The van der Waals surface area contributed by atoms with Gasteiger partial charge in [0.1, 0.15) is 17.1 Å². The number of benzene rings is 1. The lowest BCUT2D eigenvalue weighted by molar-refractivity contribution is -0.0613. The molecule has 1 aromatic heterocycles. The van der Waals surface area contributed by atoms with Gasteiger partial charge in [-0.05, 0) is 38.5 Å². The first-order chi connectivity index (χ1) is 14.3. The maximum atomic E-state index is 12.4. The van der Waals surface area contributed by atoms with Gasteiger partial charge in [-0.25, -0.2) is 4.79 Å². The van der Waals surface area contributed by atoms with Crippen molar-refractivity contribution in [1.29, 1.82) is 0 Å². The van der Waals surface area contributed by atoms with Crippen molar-refractivity contribution in [1.82, 2.24) is 10.3 Å². The number of hydrogen-bond acceptors (Lipinski definition) is 6. The topological polar surface area (TPSA) is 110 Å². The lowest BCUT2D eigenvalue weighted by Crippen LogP contribution is -2.29. The van der Waals surface area contributed by atoms with Crippen molar-refractivity contribution >= 4 is 35.1 Å². The van der Waals surface area contributed by atoms with Gasteiger partial charge in [-0.3, -0.25) is 4.79 Å². The molecule has 2 unspecified atom stereocenters. The molecular formula is C20H24Cl2N2O6. The highest BCUT2D eigenvalue weighted by molar-refractivity contribution is 6.45. The summed E-state index contributed by atoms with van der Waals surface area (Å²) in [5.74, 6) is -0.748. The molecule has 0 saturated heterocycles. The van der Waals surface area contributed by atoms with Crippen molar-refractivity contribution < 1.29 is 28.9 Å². The van der Waals surface area contributed by atoms with Crippen LogP contribution in [0.15, 0.2) is 24.3 Å². The number of aliphatic hydroxyl groups excluding tert-OH is 1. The van der Waals surface area contributed by atoms with E-state index < -0.39 is 18.0 Å². The summed E-state index contributed by atoms with van der Waals surface area (Å²) in [4.78, 5) is 26.8. The zero-order valence-electron chi connectivity index (χ0n) is 16.8. The number of carbonyl (C=O) groups is 2. The van der Waals surface area contributed by atoms with Gasteiger partial charge in [0.15, 0.2) is 6.29 Å². The van der Waals surface area contributed by atoms with Gasteiger partial charge in [-0.15, -0.1) is 0 Å². The Balaban J connectivity index is 1.97. The number of aromatic nitrogens is 1. The number of aliphatic hydroxyl groups is 1. The number of carbonyl (C=O) groups excluding carboxylic acids is 2. The normalized spacial score (nSPS) is 12.9. The van der Waals surface area contributed by atoms with E-state index >= 15 is 0 Å². The molecular weight excluding hydrogens is 435 g/mol. The van der Waals surface area contributed by atoms with Crippen LogP contribution in [0.5, 0.6) is 5.75 Å². The van der Waals surface area contributed by atoms with Gasteiger partial charge in [0.05, 0.1) is 22.8 Å². The maximum absolute atomic E-state index is 12.4. The van der Waals surface area contributed by atoms with Crippen LogP contribution in [-0.4, -0.2) is 48.0 Å². The molecule has 2 rings (SSSR count). The fraction of sp³-hybridized carbons (Fsp3) is 0.400. The summed E-state index contributed by atoms with van der Waals surface area (Å²) < 4.78 is 15.7. The molecule has 1 amide bonds. The number of aromatic amines is 1. The van der Waals surface area contributed by atoms with Crippen LogP contribution < -0.4 is 10.1 Å². The van der Waals surface area contributed by atoms with Crippen LogP contribution in [0, 0.1) is 0 Å². The molecule has 0 aliphatic rings. The molecule has 2 atom stereocenters. The standard InChI is InChI=1S/C20H24Cl2N2O6/c1-4-28-11(3)30-13-8-6-12(7-9-13)14(25)10-23-19(26)17-15(21)16(22)18(24-17)20(27)29-5-2/h6-9,11,14,24-25H,4-5,10H2,1-3H3,(H,23,26). The fourth-order valence-corrected chi connectivity index (χ4v) is 3.03. The van der Waals surface area contributed by atoms with Crippen molar-refractivity contribution in [2.24, 2.45) is 0 Å². The monoisotopic (exact) mass is 458 g/mol. The molecule has 0 radical (unpaired) electrons. The van der Waals surface area contributed by atoms with Gasteiger partial charge in [0.2, 0.25) is 0 Å². The third kappa shape index (κ3) is 6.12. The van der Waals surface area contributed by atoms with Gasteiger partial charge < -0.3 is 29.6 Å². The molecule has 2 aromatic rings. The molecule has 10 heteroatoms. The van der Waals surface area contributed by atoms with Crippen molar-refractivity contribution in [3.05, 3.63) is 51.3 Å². The van der Waals surface area contributed by atoms with Gasteiger partial charge >= 0.3 is 5.97 Å². The van der Waals surface area contributed by atoms with Crippen LogP contribution in [-0.2, 0) is 9.47 Å². The highest BCUT2D eigenvalue weighted by Gasteiger charge is 2.25. The van der Waals surface area contributed by atoms with Crippen molar-refractivity contribution in [3.63, 3.8) is 0 Å². The largest absolute Gasteiger partial charge is 0.465 e. The smallest absolute Gasteiger partial charge is 0.356 e. The van der Waals surface area contributed by atoms with E-state index in [-0.39, 0.29) is 40.9 Å². The lowest BCUT2D eigenvalue weighted by atomic mass is 10.1. The average Bonchev–Trinajstić information content (AvgIpc) is 3.02. The quantitative estimate of drug-likeness (QED) is 0.369. The molecule has 0 fully saturated rings. The maximum Gasteiger partial charge on any atom is 0.356 e. The molecule has 164 valence electrons. The Hall–Kier alpha value is -2.26. The predicted molar refractivity (Wildman–Crippen MR) is 112 cm³/mol. The number of halogens is 2. The van der Waals surface area contributed by atoms with Crippen molar-refractivity contribution in [2.45, 2.75) is 33.2 Å². The number of esters is 1. The molecule has 0 bridgehead atoms. The highest BCUT2D eigenvalue weighted by Crippen LogP contribution is 2.30. The van der Waals surface area contributed by atoms with E-state index in [1.165, 1.54) is 0 Å². The van der Waals surface area contributed by atoms with Crippen LogP contribution in [0.25, 0.3) is 0 Å². The SMILES string of the molecule is CCOC(=O)c1[nH]c(C(=O)NCC(O)c2ccc(OC(C)OCC)cc2)c(Cl)c1Cl. The van der Waals surface area contributed by atoms with E-state index in [9.17, 15) is 14.7 Å². The summed E-state index contributed by atoms with van der Waals surface area (Å²) in [5.41, 5.74) is 0.381. The minimum absolute atomic E-state index is 0.0872. The Bertz CT molecular complexity index is 869. The number of nitrogens with one attached hydrogen (secondary N) is 2. The second-order valence-corrected chi connectivity index (χ2v) is 6.92. The summed E-state index contributed by atoms with van der Waals surface area (Å²) in [6.07, 6.45) is -1.36. The Labute approximate surface area is 184 Å². The number of amides is 1. The number of hydrogen-bond donors (Lipinski definition) is 3. The van der Waals surface area contributed by atoms with Crippen LogP contribution in [0.3, 0.4) is 0 Å². The summed E-state index contributed by atoms with van der Waals surface area (Å²) in [6, 6.07) is 6.76. The van der Waals surface area contributed by atoms with E-state index in [1.54, 1.807) is 38.1 Å². The van der Waals surface area contributed by atoms with E-state index in [0.717, 1.165) is 0 Å². The van der Waals surface area contributed by atoms with Crippen molar-refractivity contribution in [3.8, 4) is 5.75 Å². The molecule has 0 aliphatic heterocycles. The van der Waals surface area contributed by atoms with E-state index in [0.29, 0.717) is 17.9 Å². The minimum Gasteiger partial charge on any atom is -0.465 e. The van der Waals surface area contributed by atoms with Crippen LogP contribution >= 0.6 is 23.2 Å². The number of H-pyrrole nitrogens is 1. The molecule has 0 saturated carbocycles. The molecule has 1 heterocycles. The van der Waals surface area contributed by atoms with Crippen molar-refractivity contribution in [2.75, 3.05) is 19.8 Å². The van der Waals surface area contributed by atoms with E-state index in [1.807, 2.05) is 6.92 Å². The van der Waals surface area contributed by atoms with Gasteiger partial charge in [-0.1, -0.05) is 35.3 Å². The van der Waals surface area contributed by atoms with Crippen LogP contribution in [0.2, 0.25) is 10.0 Å². The number of ether oxygens (including phenoxy) is 3. The Morgan fingerprint density at radius 1 is 1.10 bits per heavy atom. The molecule has 0 aliphatic carbocycles. The Morgan fingerprint density at radius 3 is 2.33 bits per heavy atom. The molecule has 8 nitrogen and oxygen atoms in total. The molecule has 1 aromatic carbocycles. The van der Waals surface area contributed by atoms with Gasteiger partial charge in [0, 0.05) is 13.2 Å². The highest BCUT2D eigenvalue weighted by atomic mass is 35.5. The Morgan fingerprint density at radius 2 is 1.73 bits per heavy atom. The number of rotatable bonds is 10. The second kappa shape index (κ2) is 11.2. The van der Waals surface area contributed by atoms with Crippen LogP contribution in [0.1, 0.15) is 53.4 Å². The molecule has 30 heavy (non-hydrogen) atoms. The first-order valence-corrected chi connectivity index (χ1v) is 10.1. The fourth-order valence-electron chi connectivity index (χ4n) is 2.58. The van der Waals surface area contributed by atoms with Gasteiger partial charge in [0.25, 0.3) is 5.91 Å². The van der Waals surface area contributed by atoms with E-state index in [4.69, 9.17) is 37.4 Å². The predicted octanol–water partition coefficient (Wildman–Crippen LogP) is 3.72. The zero-order chi connectivity index (χ0) is 22.3. The van der Waals surface area contributed by atoms with Crippen LogP contribution in [0.4, 0.5) is 0 Å². The Kier molecular flexibility index (Phi) is 8.98. The lowest BCUT2D eigenvalue weighted by Gasteiger charge is -2.16. The average molecular weight is 459 g/mol. The van der Waals surface area contributed by atoms with Gasteiger partial charge in [-0.2, -0.15) is 0 Å².